The minimum absolute atomic E-state index is 0.361. The summed E-state index contributed by atoms with van der Waals surface area (Å²) in [5, 5.41) is 43.8. The summed E-state index contributed by atoms with van der Waals surface area (Å²) in [5.74, 6) is -0.596. The van der Waals surface area contributed by atoms with Gasteiger partial charge in [-0.05, 0) is 64.2 Å². The first kappa shape index (κ1) is 59.5. The molecule has 0 aromatic carbocycles. The summed E-state index contributed by atoms with van der Waals surface area (Å²) >= 11 is 0. The van der Waals surface area contributed by atoms with Crippen molar-refractivity contribution >= 4 is 5.91 Å². The lowest BCUT2D eigenvalue weighted by Crippen LogP contribution is -2.53. The zero-order valence-electron chi connectivity index (χ0n) is 40.7. The average Bonchev–Trinajstić information content (AvgIpc) is 3.26. The van der Waals surface area contributed by atoms with E-state index in [1.807, 2.05) is 0 Å². The minimum Gasteiger partial charge on any atom is -0.394 e. The number of hydrogen-bond donors (Lipinski definition) is 5. The quantitative estimate of drug-likeness (QED) is 0.0309. The van der Waals surface area contributed by atoms with Crippen molar-refractivity contribution in [2.45, 2.75) is 301 Å². The number of unbranched alkanes of at least 4 members (excludes halogenated alkanes) is 34. The average molecular weight is 860 g/mol. The Hall–Kier alpha value is -1.47. The molecule has 4 atom stereocenters. The zero-order chi connectivity index (χ0) is 44.5. The van der Waals surface area contributed by atoms with Crippen LogP contribution in [-0.2, 0) is 4.79 Å². The number of nitrogens with one attached hydrogen (secondary N) is 1. The maximum atomic E-state index is 12.6. The van der Waals surface area contributed by atoms with Crippen LogP contribution < -0.4 is 5.32 Å². The molecule has 0 rings (SSSR count). The Morgan fingerprint density at radius 3 is 1.03 bits per heavy atom. The molecule has 0 bridgehead atoms. The molecule has 61 heavy (non-hydrogen) atoms. The smallest absolute Gasteiger partial charge is 0.249 e. The van der Waals surface area contributed by atoms with Gasteiger partial charge in [-0.15, -0.1) is 0 Å². The summed E-state index contributed by atoms with van der Waals surface area (Å²) < 4.78 is 0. The molecule has 5 N–H and O–H groups in total. The summed E-state index contributed by atoms with van der Waals surface area (Å²) in [7, 11) is 0. The van der Waals surface area contributed by atoms with Crippen LogP contribution in [0.1, 0.15) is 277 Å². The number of allylic oxidation sites excluding steroid dienone is 6. The van der Waals surface area contributed by atoms with Gasteiger partial charge in [0, 0.05) is 0 Å². The lowest BCUT2D eigenvalue weighted by molar-refractivity contribution is -0.132. The fourth-order valence-electron chi connectivity index (χ4n) is 8.32. The highest BCUT2D eigenvalue weighted by Crippen LogP contribution is 2.17. The van der Waals surface area contributed by atoms with Gasteiger partial charge in [0.25, 0.3) is 0 Å². The van der Waals surface area contributed by atoms with E-state index in [0.717, 1.165) is 51.4 Å². The summed E-state index contributed by atoms with van der Waals surface area (Å²) in [6.07, 6.45) is 60.6. The van der Waals surface area contributed by atoms with Gasteiger partial charge in [0.2, 0.25) is 5.91 Å². The molecule has 0 saturated carbocycles. The highest BCUT2D eigenvalue weighted by atomic mass is 16.3. The molecule has 0 aromatic heterocycles. The molecule has 360 valence electrons. The van der Waals surface area contributed by atoms with Crippen molar-refractivity contribution in [2.24, 2.45) is 0 Å². The van der Waals surface area contributed by atoms with Crippen molar-refractivity contribution in [2.75, 3.05) is 6.61 Å². The summed E-state index contributed by atoms with van der Waals surface area (Å²) in [5.41, 5.74) is 0. The number of carbonyl (C=O) groups excluding carboxylic acids is 1. The Kier molecular flexibility index (Phi) is 48.3. The molecular weight excluding hydrogens is 755 g/mol. The standard InChI is InChI=1S/C55H105NO5/c1-3-5-7-9-11-13-15-17-19-21-22-23-24-25-26-27-28-29-30-31-33-34-36-38-40-42-44-46-48-52(58)54(60)51(50-57)56-55(61)53(59)49-47-45-43-41-39-37-35-32-20-18-16-14-12-10-8-6-4-2/h28-29,33-34,40,42,51-54,57-60H,3-27,30-32,35-39,41,43-50H2,1-2H3,(H,56,61)/b29-28+,34-33+,42-40+. The van der Waals surface area contributed by atoms with E-state index >= 15 is 0 Å². The maximum absolute atomic E-state index is 12.6. The molecule has 1 amide bonds. The van der Waals surface area contributed by atoms with Crippen LogP contribution in [0.15, 0.2) is 36.5 Å². The second-order valence-electron chi connectivity index (χ2n) is 18.6. The third kappa shape index (κ3) is 43.6. The van der Waals surface area contributed by atoms with E-state index in [1.54, 1.807) is 0 Å². The lowest BCUT2D eigenvalue weighted by Gasteiger charge is -2.27. The maximum Gasteiger partial charge on any atom is 0.249 e. The van der Waals surface area contributed by atoms with Gasteiger partial charge in [0.05, 0.1) is 18.8 Å². The van der Waals surface area contributed by atoms with Crippen molar-refractivity contribution in [3.63, 3.8) is 0 Å². The second-order valence-corrected chi connectivity index (χ2v) is 18.6. The Labute approximate surface area is 379 Å². The second kappa shape index (κ2) is 49.5. The minimum atomic E-state index is -1.29. The van der Waals surface area contributed by atoms with Crippen LogP contribution in [0.25, 0.3) is 0 Å². The number of amides is 1. The van der Waals surface area contributed by atoms with Crippen LogP contribution in [0.2, 0.25) is 0 Å². The molecular formula is C55H105NO5. The van der Waals surface area contributed by atoms with Crippen LogP contribution in [0, 0.1) is 0 Å². The molecule has 0 saturated heterocycles. The number of rotatable bonds is 49. The normalized spacial score (nSPS) is 14.1. The number of hydrogen-bond acceptors (Lipinski definition) is 5. The molecule has 0 aliphatic carbocycles. The number of aliphatic hydroxyl groups excluding tert-OH is 4. The van der Waals surface area contributed by atoms with Gasteiger partial charge < -0.3 is 25.7 Å². The van der Waals surface area contributed by atoms with Gasteiger partial charge in [0.1, 0.15) is 12.2 Å². The third-order valence-electron chi connectivity index (χ3n) is 12.6. The van der Waals surface area contributed by atoms with Crippen LogP contribution >= 0.6 is 0 Å². The van der Waals surface area contributed by atoms with E-state index in [4.69, 9.17) is 0 Å². The summed E-state index contributed by atoms with van der Waals surface area (Å²) in [6, 6.07) is -1.01. The monoisotopic (exact) mass is 860 g/mol. The molecule has 0 heterocycles. The molecule has 6 nitrogen and oxygen atoms in total. The van der Waals surface area contributed by atoms with Crippen molar-refractivity contribution in [1.82, 2.24) is 5.32 Å². The first-order chi connectivity index (χ1) is 30.0. The Balaban J connectivity index is 3.72. The molecule has 0 aliphatic heterocycles. The Morgan fingerprint density at radius 1 is 0.393 bits per heavy atom. The van der Waals surface area contributed by atoms with Gasteiger partial charge in [-0.1, -0.05) is 249 Å². The van der Waals surface area contributed by atoms with E-state index in [1.165, 1.54) is 193 Å². The molecule has 0 spiro atoms. The molecule has 4 unspecified atom stereocenters. The van der Waals surface area contributed by atoms with Crippen molar-refractivity contribution in [1.29, 1.82) is 0 Å². The van der Waals surface area contributed by atoms with Gasteiger partial charge >= 0.3 is 0 Å². The fourth-order valence-corrected chi connectivity index (χ4v) is 8.32. The first-order valence-electron chi connectivity index (χ1n) is 26.9. The topological polar surface area (TPSA) is 110 Å². The Morgan fingerprint density at radius 2 is 0.689 bits per heavy atom. The van der Waals surface area contributed by atoms with Gasteiger partial charge in [-0.25, -0.2) is 0 Å². The first-order valence-corrected chi connectivity index (χ1v) is 26.9. The van der Waals surface area contributed by atoms with Crippen LogP contribution in [0.3, 0.4) is 0 Å². The Bertz CT molecular complexity index is 966. The fraction of sp³-hybridized carbons (Fsp3) is 0.873. The number of aliphatic hydroxyl groups is 4. The molecule has 0 aromatic rings. The van der Waals surface area contributed by atoms with Crippen molar-refractivity contribution in [3.8, 4) is 0 Å². The highest BCUT2D eigenvalue weighted by molar-refractivity contribution is 5.80. The van der Waals surface area contributed by atoms with Gasteiger partial charge in [0.15, 0.2) is 0 Å². The summed E-state index contributed by atoms with van der Waals surface area (Å²) in [4.78, 5) is 12.6. The third-order valence-corrected chi connectivity index (χ3v) is 12.6. The van der Waals surface area contributed by atoms with Crippen molar-refractivity contribution in [3.05, 3.63) is 36.5 Å². The van der Waals surface area contributed by atoms with E-state index in [0.29, 0.717) is 19.3 Å². The van der Waals surface area contributed by atoms with E-state index in [-0.39, 0.29) is 0 Å². The molecule has 6 heteroatoms. The molecule has 0 radical (unpaired) electrons. The van der Waals surface area contributed by atoms with E-state index < -0.39 is 36.9 Å². The van der Waals surface area contributed by atoms with Gasteiger partial charge in [-0.3, -0.25) is 4.79 Å². The molecule has 0 fully saturated rings. The van der Waals surface area contributed by atoms with Crippen LogP contribution in [-0.4, -0.2) is 57.3 Å². The molecule has 0 aliphatic rings. The SMILES string of the molecule is CCCCCCCCCCCCCCCCC/C=C/CC/C=C/CC/C=C/CCCC(O)C(O)C(CO)NC(=O)C(O)CCCCCCCCCCCCCCCCCCC. The van der Waals surface area contributed by atoms with Crippen molar-refractivity contribution < 1.29 is 25.2 Å². The summed E-state index contributed by atoms with van der Waals surface area (Å²) in [6.45, 7) is 4.06. The van der Waals surface area contributed by atoms with E-state index in [2.05, 4.69) is 55.6 Å². The lowest BCUT2D eigenvalue weighted by atomic mass is 10.00. The van der Waals surface area contributed by atoms with Crippen LogP contribution in [0.5, 0.6) is 0 Å². The zero-order valence-corrected chi connectivity index (χ0v) is 40.7. The predicted molar refractivity (Wildman–Crippen MR) is 265 cm³/mol. The number of carbonyl (C=O) groups is 1. The predicted octanol–water partition coefficient (Wildman–Crippen LogP) is 15.2. The largest absolute Gasteiger partial charge is 0.394 e. The highest BCUT2D eigenvalue weighted by Gasteiger charge is 2.28. The van der Waals surface area contributed by atoms with E-state index in [9.17, 15) is 25.2 Å². The van der Waals surface area contributed by atoms with Gasteiger partial charge in [-0.2, -0.15) is 0 Å². The van der Waals surface area contributed by atoms with Crippen LogP contribution in [0.4, 0.5) is 0 Å².